The lowest BCUT2D eigenvalue weighted by molar-refractivity contribution is 0.140. The van der Waals surface area contributed by atoms with E-state index in [1.165, 1.54) is 30.8 Å². The largest absolute Gasteiger partial charge is 0.375 e. The molecule has 0 aliphatic carbocycles. The summed E-state index contributed by atoms with van der Waals surface area (Å²) in [5.74, 6) is 0. The summed E-state index contributed by atoms with van der Waals surface area (Å²) in [5.41, 5.74) is 5.63. The zero-order valence-corrected chi connectivity index (χ0v) is 10.8. The number of thiazole rings is 1. The minimum Gasteiger partial charge on any atom is -0.375 e. The maximum Gasteiger partial charge on any atom is 0.180 e. The highest BCUT2D eigenvalue weighted by Gasteiger charge is 2.20. The summed E-state index contributed by atoms with van der Waals surface area (Å²) in [7, 11) is 4.39. The predicted molar refractivity (Wildman–Crippen MR) is 68.5 cm³/mol. The fraction of sp³-hybridized carbons (Fsp3) is 0.727. The third-order valence-electron chi connectivity index (χ3n) is 3.29. The SMILES string of the molecule is CN1CCC(N(C)Cc2cnc(N)s2)CC1. The molecule has 90 valence electrons. The molecule has 0 amide bonds. The maximum absolute atomic E-state index is 5.63. The van der Waals surface area contributed by atoms with E-state index in [9.17, 15) is 0 Å². The van der Waals surface area contributed by atoms with Crippen molar-refractivity contribution in [2.75, 3.05) is 32.9 Å². The first-order valence-corrected chi connectivity index (χ1v) is 6.56. The highest BCUT2D eigenvalue weighted by atomic mass is 32.1. The Morgan fingerprint density at radius 3 is 2.81 bits per heavy atom. The quantitative estimate of drug-likeness (QED) is 0.864. The van der Waals surface area contributed by atoms with E-state index in [4.69, 9.17) is 5.73 Å². The van der Waals surface area contributed by atoms with Crippen LogP contribution in [-0.2, 0) is 6.54 Å². The van der Waals surface area contributed by atoms with Crippen molar-refractivity contribution in [2.45, 2.75) is 25.4 Å². The monoisotopic (exact) mass is 240 g/mol. The molecule has 4 nitrogen and oxygen atoms in total. The van der Waals surface area contributed by atoms with Gasteiger partial charge in [-0.25, -0.2) is 4.98 Å². The standard InChI is InChI=1S/C11H20N4S/c1-14-5-3-9(4-6-14)15(2)8-10-7-13-11(12)16-10/h7,9H,3-6,8H2,1-2H3,(H2,12,13). The third kappa shape index (κ3) is 2.93. The molecule has 0 saturated carbocycles. The molecule has 5 heteroatoms. The Hall–Kier alpha value is -0.650. The average Bonchev–Trinajstić information content (AvgIpc) is 2.65. The van der Waals surface area contributed by atoms with Crippen LogP contribution in [0, 0.1) is 0 Å². The highest BCUT2D eigenvalue weighted by molar-refractivity contribution is 7.15. The minimum absolute atomic E-state index is 0.673. The number of piperidine rings is 1. The van der Waals surface area contributed by atoms with Crippen molar-refractivity contribution in [3.05, 3.63) is 11.1 Å². The fourth-order valence-corrected chi connectivity index (χ4v) is 2.95. The molecule has 2 rings (SSSR count). The molecule has 0 aromatic carbocycles. The van der Waals surface area contributed by atoms with E-state index in [1.807, 2.05) is 6.20 Å². The molecule has 16 heavy (non-hydrogen) atoms. The molecular formula is C11H20N4S. The van der Waals surface area contributed by atoms with Gasteiger partial charge in [-0.2, -0.15) is 0 Å². The Kier molecular flexibility index (Phi) is 3.78. The Labute approximate surface area is 101 Å². The van der Waals surface area contributed by atoms with E-state index < -0.39 is 0 Å². The fourth-order valence-electron chi connectivity index (χ4n) is 2.21. The number of anilines is 1. The van der Waals surface area contributed by atoms with Gasteiger partial charge in [-0.3, -0.25) is 4.90 Å². The first-order chi connectivity index (χ1) is 7.65. The number of likely N-dealkylation sites (tertiary alicyclic amines) is 1. The van der Waals surface area contributed by atoms with Gasteiger partial charge in [0.2, 0.25) is 0 Å². The first kappa shape index (κ1) is 11.8. The summed E-state index contributed by atoms with van der Waals surface area (Å²) in [4.78, 5) is 10.2. The van der Waals surface area contributed by atoms with E-state index in [-0.39, 0.29) is 0 Å². The number of hydrogen-bond acceptors (Lipinski definition) is 5. The lowest BCUT2D eigenvalue weighted by Gasteiger charge is -2.34. The molecule has 1 aliphatic rings. The molecule has 0 atom stereocenters. The molecule has 1 aliphatic heterocycles. The molecular weight excluding hydrogens is 220 g/mol. The highest BCUT2D eigenvalue weighted by Crippen LogP contribution is 2.20. The van der Waals surface area contributed by atoms with Crippen LogP contribution in [0.1, 0.15) is 17.7 Å². The molecule has 1 aromatic heterocycles. The Balaban J connectivity index is 1.85. The van der Waals surface area contributed by atoms with Crippen molar-refractivity contribution >= 4 is 16.5 Å². The van der Waals surface area contributed by atoms with E-state index in [0.717, 1.165) is 6.54 Å². The van der Waals surface area contributed by atoms with Gasteiger partial charge in [0.1, 0.15) is 0 Å². The Morgan fingerprint density at radius 2 is 2.25 bits per heavy atom. The smallest absolute Gasteiger partial charge is 0.180 e. The van der Waals surface area contributed by atoms with Gasteiger partial charge < -0.3 is 10.6 Å². The van der Waals surface area contributed by atoms with Crippen LogP contribution >= 0.6 is 11.3 Å². The van der Waals surface area contributed by atoms with Gasteiger partial charge in [0.25, 0.3) is 0 Å². The van der Waals surface area contributed by atoms with Crippen LogP contribution in [0.15, 0.2) is 6.20 Å². The molecule has 0 unspecified atom stereocenters. The van der Waals surface area contributed by atoms with Gasteiger partial charge in [0.15, 0.2) is 5.13 Å². The van der Waals surface area contributed by atoms with E-state index in [2.05, 4.69) is 28.9 Å². The lowest BCUT2D eigenvalue weighted by Crippen LogP contribution is -2.41. The summed E-state index contributed by atoms with van der Waals surface area (Å²) < 4.78 is 0. The van der Waals surface area contributed by atoms with Gasteiger partial charge in [0.05, 0.1) is 0 Å². The summed E-state index contributed by atoms with van der Waals surface area (Å²) >= 11 is 1.60. The van der Waals surface area contributed by atoms with Crippen molar-refractivity contribution in [1.82, 2.24) is 14.8 Å². The van der Waals surface area contributed by atoms with Crippen LogP contribution in [0.3, 0.4) is 0 Å². The zero-order valence-electron chi connectivity index (χ0n) is 10.0. The van der Waals surface area contributed by atoms with Gasteiger partial charge in [-0.05, 0) is 40.0 Å². The number of nitrogens with two attached hydrogens (primary N) is 1. The average molecular weight is 240 g/mol. The summed E-state index contributed by atoms with van der Waals surface area (Å²) in [6.07, 6.45) is 4.42. The number of rotatable bonds is 3. The first-order valence-electron chi connectivity index (χ1n) is 5.74. The van der Waals surface area contributed by atoms with Crippen molar-refractivity contribution in [3.8, 4) is 0 Å². The molecule has 0 bridgehead atoms. The molecule has 2 N–H and O–H groups in total. The van der Waals surface area contributed by atoms with E-state index in [0.29, 0.717) is 11.2 Å². The molecule has 1 aromatic rings. The lowest BCUT2D eigenvalue weighted by atomic mass is 10.0. The molecule has 0 radical (unpaired) electrons. The molecule has 1 saturated heterocycles. The molecule has 1 fully saturated rings. The van der Waals surface area contributed by atoms with Crippen molar-refractivity contribution in [3.63, 3.8) is 0 Å². The van der Waals surface area contributed by atoms with Gasteiger partial charge in [-0.1, -0.05) is 0 Å². The van der Waals surface area contributed by atoms with Crippen LogP contribution in [0.25, 0.3) is 0 Å². The summed E-state index contributed by atoms with van der Waals surface area (Å²) in [6.45, 7) is 3.39. The second-order valence-electron chi connectivity index (χ2n) is 4.61. The Bertz CT molecular complexity index is 330. The van der Waals surface area contributed by atoms with Crippen LogP contribution in [-0.4, -0.2) is 48.0 Å². The maximum atomic E-state index is 5.63. The molecule has 0 spiro atoms. The topological polar surface area (TPSA) is 45.4 Å². The number of aromatic nitrogens is 1. The van der Waals surface area contributed by atoms with Gasteiger partial charge in [0, 0.05) is 23.7 Å². The van der Waals surface area contributed by atoms with E-state index >= 15 is 0 Å². The summed E-state index contributed by atoms with van der Waals surface area (Å²) in [6, 6.07) is 0.708. The van der Waals surface area contributed by atoms with Crippen LogP contribution < -0.4 is 5.73 Å². The van der Waals surface area contributed by atoms with E-state index in [1.54, 1.807) is 11.3 Å². The van der Waals surface area contributed by atoms with Crippen LogP contribution in [0.5, 0.6) is 0 Å². The van der Waals surface area contributed by atoms with Gasteiger partial charge in [-0.15, -0.1) is 11.3 Å². The minimum atomic E-state index is 0.673. The summed E-state index contributed by atoms with van der Waals surface area (Å²) in [5, 5.41) is 0.673. The van der Waals surface area contributed by atoms with Crippen molar-refractivity contribution < 1.29 is 0 Å². The third-order valence-corrected chi connectivity index (χ3v) is 4.10. The van der Waals surface area contributed by atoms with Crippen molar-refractivity contribution in [1.29, 1.82) is 0 Å². The second-order valence-corrected chi connectivity index (χ2v) is 5.76. The normalized spacial score (nSPS) is 19.4. The number of nitrogen functional groups attached to an aromatic ring is 1. The second kappa shape index (κ2) is 5.12. The zero-order chi connectivity index (χ0) is 11.5. The van der Waals surface area contributed by atoms with Gasteiger partial charge >= 0.3 is 0 Å². The Morgan fingerprint density at radius 1 is 1.56 bits per heavy atom. The van der Waals surface area contributed by atoms with Crippen LogP contribution in [0.4, 0.5) is 5.13 Å². The number of nitrogens with zero attached hydrogens (tertiary/aromatic N) is 3. The van der Waals surface area contributed by atoms with Crippen molar-refractivity contribution in [2.24, 2.45) is 0 Å². The molecule has 2 heterocycles. The van der Waals surface area contributed by atoms with Crippen LogP contribution in [0.2, 0.25) is 0 Å². The predicted octanol–water partition coefficient (Wildman–Crippen LogP) is 1.25. The number of hydrogen-bond donors (Lipinski definition) is 1.